The lowest BCUT2D eigenvalue weighted by molar-refractivity contribution is 0.125. The third-order valence-electron chi connectivity index (χ3n) is 5.54. The first-order valence-corrected chi connectivity index (χ1v) is 12.3. The summed E-state index contributed by atoms with van der Waals surface area (Å²) in [6.45, 7) is 5.85. The van der Waals surface area contributed by atoms with Crippen molar-refractivity contribution in [1.29, 1.82) is 0 Å². The number of benzene rings is 1. The van der Waals surface area contributed by atoms with Crippen LogP contribution in [0.1, 0.15) is 26.7 Å². The number of carbonyl (C=O) groups is 1. The molecular formula is C21H28FN5O4S. The molecule has 0 saturated carbocycles. The molecule has 1 aliphatic heterocycles. The Bertz CT molecular complexity index is 1070. The summed E-state index contributed by atoms with van der Waals surface area (Å²) in [4.78, 5) is 23.1. The minimum atomic E-state index is -3.50. The Morgan fingerprint density at radius 3 is 2.53 bits per heavy atom. The fourth-order valence-corrected chi connectivity index (χ4v) is 4.32. The van der Waals surface area contributed by atoms with Crippen LogP contribution in [0, 0.1) is 11.7 Å². The molecule has 1 saturated heterocycles. The van der Waals surface area contributed by atoms with Crippen molar-refractivity contribution >= 4 is 33.3 Å². The number of amides is 1. The highest BCUT2D eigenvalue weighted by atomic mass is 32.2. The molecule has 1 aromatic carbocycles. The lowest BCUT2D eigenvalue weighted by atomic mass is 9.96. The third kappa shape index (κ3) is 5.84. The number of hydrogen-bond donors (Lipinski definition) is 2. The minimum Gasteiger partial charge on any atom is -0.465 e. The highest BCUT2D eigenvalue weighted by Crippen LogP contribution is 2.26. The maximum atomic E-state index is 14.4. The van der Waals surface area contributed by atoms with E-state index >= 15 is 0 Å². The van der Waals surface area contributed by atoms with Gasteiger partial charge in [-0.05, 0) is 50.8 Å². The van der Waals surface area contributed by atoms with Gasteiger partial charge in [-0.25, -0.2) is 27.6 Å². The summed E-state index contributed by atoms with van der Waals surface area (Å²) in [7, 11) is -3.50. The summed E-state index contributed by atoms with van der Waals surface area (Å²) in [6, 6.07) is 5.54. The minimum absolute atomic E-state index is 0.0937. The van der Waals surface area contributed by atoms with E-state index in [0.29, 0.717) is 30.6 Å². The quantitative estimate of drug-likeness (QED) is 0.639. The van der Waals surface area contributed by atoms with Gasteiger partial charge in [0.2, 0.25) is 0 Å². The van der Waals surface area contributed by atoms with Crippen LogP contribution in [0.3, 0.4) is 0 Å². The normalized spacial score (nSPS) is 15.1. The predicted molar refractivity (Wildman–Crippen MR) is 120 cm³/mol. The molecule has 174 valence electrons. The molecule has 2 heterocycles. The van der Waals surface area contributed by atoms with Crippen LogP contribution in [-0.4, -0.2) is 66.4 Å². The Balaban J connectivity index is 1.74. The summed E-state index contributed by atoms with van der Waals surface area (Å²) in [5.41, 5.74) is 0.110. The number of halogens is 1. The second-order valence-corrected chi connectivity index (χ2v) is 10.3. The second-order valence-electron chi connectivity index (χ2n) is 8.26. The fraction of sp³-hybridized carbons (Fsp3) is 0.476. The number of piperidine rings is 1. The van der Waals surface area contributed by atoms with Gasteiger partial charge in [-0.3, -0.25) is 0 Å². The predicted octanol–water partition coefficient (Wildman–Crippen LogP) is 3.37. The number of nitrogens with one attached hydrogen (secondary N) is 1. The molecule has 0 unspecified atom stereocenters. The fourth-order valence-electron chi connectivity index (χ4n) is 3.69. The van der Waals surface area contributed by atoms with E-state index in [0.717, 1.165) is 31.7 Å². The van der Waals surface area contributed by atoms with Gasteiger partial charge >= 0.3 is 6.09 Å². The van der Waals surface area contributed by atoms with E-state index < -0.39 is 21.7 Å². The number of aromatic nitrogens is 2. The highest BCUT2D eigenvalue weighted by Gasteiger charge is 2.25. The zero-order valence-electron chi connectivity index (χ0n) is 18.3. The van der Waals surface area contributed by atoms with Crippen LogP contribution >= 0.6 is 0 Å². The van der Waals surface area contributed by atoms with E-state index in [1.54, 1.807) is 6.07 Å². The average Bonchev–Trinajstić information content (AvgIpc) is 2.73. The van der Waals surface area contributed by atoms with Gasteiger partial charge in [0.05, 0.1) is 10.6 Å². The zero-order valence-corrected chi connectivity index (χ0v) is 19.1. The van der Waals surface area contributed by atoms with Crippen molar-refractivity contribution in [3.63, 3.8) is 0 Å². The molecule has 3 rings (SSSR count). The number of likely N-dealkylation sites (tertiary alicyclic amines) is 1. The van der Waals surface area contributed by atoms with E-state index in [4.69, 9.17) is 5.11 Å². The Morgan fingerprint density at radius 1 is 1.28 bits per heavy atom. The third-order valence-corrected chi connectivity index (χ3v) is 6.65. The van der Waals surface area contributed by atoms with Crippen molar-refractivity contribution in [3.05, 3.63) is 36.4 Å². The molecule has 2 N–H and O–H groups in total. The first-order valence-electron chi connectivity index (χ1n) is 10.4. The van der Waals surface area contributed by atoms with E-state index in [-0.39, 0.29) is 16.6 Å². The molecule has 1 aromatic heterocycles. The molecule has 32 heavy (non-hydrogen) atoms. The summed E-state index contributed by atoms with van der Waals surface area (Å²) >= 11 is 0. The van der Waals surface area contributed by atoms with Gasteiger partial charge in [-0.1, -0.05) is 0 Å². The lowest BCUT2D eigenvalue weighted by Crippen LogP contribution is -2.43. The standard InChI is InChI=1S/C21H28FN5O4S/c1-14(2)27(12-15-6-8-26(9-7-15)21(28)29)20-11-19(23-13-24-20)25-18-5-4-16(10-17(18)22)32(3,30)31/h4-5,10-11,13-15H,6-9,12H2,1-3H3,(H,28,29)(H,23,24,25). The number of nitrogens with zero attached hydrogens (tertiary/aromatic N) is 4. The Morgan fingerprint density at radius 2 is 1.97 bits per heavy atom. The van der Waals surface area contributed by atoms with Crippen molar-refractivity contribution in [2.24, 2.45) is 5.92 Å². The zero-order chi connectivity index (χ0) is 23.5. The number of carboxylic acid groups (broad SMARTS) is 1. The number of hydrogen-bond acceptors (Lipinski definition) is 7. The van der Waals surface area contributed by atoms with Crippen LogP contribution < -0.4 is 10.2 Å². The summed E-state index contributed by atoms with van der Waals surface area (Å²) in [5.74, 6) is 0.693. The highest BCUT2D eigenvalue weighted by molar-refractivity contribution is 7.90. The lowest BCUT2D eigenvalue weighted by Gasteiger charge is -2.36. The molecule has 11 heteroatoms. The molecule has 1 aliphatic rings. The summed E-state index contributed by atoms with van der Waals surface area (Å²) in [6.07, 6.45) is 3.10. The Kier molecular flexibility index (Phi) is 7.17. The molecular weight excluding hydrogens is 437 g/mol. The number of sulfone groups is 1. The van der Waals surface area contributed by atoms with E-state index in [2.05, 4.69) is 20.2 Å². The topological polar surface area (TPSA) is 116 Å². The molecule has 0 radical (unpaired) electrons. The van der Waals surface area contributed by atoms with Crippen LogP contribution in [0.15, 0.2) is 35.5 Å². The van der Waals surface area contributed by atoms with Crippen LogP contribution in [-0.2, 0) is 9.84 Å². The molecule has 2 aromatic rings. The monoisotopic (exact) mass is 465 g/mol. The van der Waals surface area contributed by atoms with Crippen LogP contribution in [0.2, 0.25) is 0 Å². The first-order chi connectivity index (χ1) is 15.0. The average molecular weight is 466 g/mol. The molecule has 0 aliphatic carbocycles. The van der Waals surface area contributed by atoms with E-state index in [1.165, 1.54) is 23.4 Å². The molecule has 0 atom stereocenters. The maximum Gasteiger partial charge on any atom is 0.407 e. The first kappa shape index (κ1) is 23.7. The Labute approximate surface area is 187 Å². The van der Waals surface area contributed by atoms with Crippen molar-refractivity contribution < 1.29 is 22.7 Å². The van der Waals surface area contributed by atoms with Crippen LogP contribution in [0.4, 0.5) is 26.5 Å². The smallest absolute Gasteiger partial charge is 0.407 e. The van der Waals surface area contributed by atoms with Gasteiger partial charge in [0.25, 0.3) is 0 Å². The maximum absolute atomic E-state index is 14.4. The molecule has 1 fully saturated rings. The van der Waals surface area contributed by atoms with Crippen LogP contribution in [0.25, 0.3) is 0 Å². The summed E-state index contributed by atoms with van der Waals surface area (Å²) in [5, 5.41) is 12.0. The molecule has 0 spiro atoms. The van der Waals surface area contributed by atoms with Gasteiger partial charge in [0.1, 0.15) is 23.8 Å². The van der Waals surface area contributed by atoms with Crippen LogP contribution in [0.5, 0.6) is 0 Å². The number of rotatable bonds is 7. The van der Waals surface area contributed by atoms with Gasteiger partial charge < -0.3 is 20.2 Å². The van der Waals surface area contributed by atoms with Crippen molar-refractivity contribution in [1.82, 2.24) is 14.9 Å². The van der Waals surface area contributed by atoms with Crippen molar-refractivity contribution in [3.8, 4) is 0 Å². The summed E-state index contributed by atoms with van der Waals surface area (Å²) < 4.78 is 37.6. The largest absolute Gasteiger partial charge is 0.465 e. The van der Waals surface area contributed by atoms with E-state index in [9.17, 15) is 17.6 Å². The van der Waals surface area contributed by atoms with Gasteiger partial charge in [0.15, 0.2) is 9.84 Å². The SMILES string of the molecule is CC(C)N(CC1CCN(C(=O)O)CC1)c1cc(Nc2ccc(S(C)(=O)=O)cc2F)ncn1. The molecule has 1 amide bonds. The molecule has 9 nitrogen and oxygen atoms in total. The Hall–Kier alpha value is -2.95. The second kappa shape index (κ2) is 9.68. The van der Waals surface area contributed by atoms with Gasteiger partial charge in [-0.15, -0.1) is 0 Å². The van der Waals surface area contributed by atoms with Crippen molar-refractivity contribution in [2.75, 3.05) is 36.1 Å². The molecule has 0 bridgehead atoms. The number of anilines is 3. The van der Waals surface area contributed by atoms with Gasteiger partial charge in [0, 0.05) is 38.0 Å². The van der Waals surface area contributed by atoms with Gasteiger partial charge in [-0.2, -0.15) is 0 Å². The van der Waals surface area contributed by atoms with Crippen molar-refractivity contribution in [2.45, 2.75) is 37.6 Å². The van der Waals surface area contributed by atoms with E-state index in [1.807, 2.05) is 13.8 Å².